The Morgan fingerprint density at radius 2 is 2.05 bits per heavy atom. The smallest absolute Gasteiger partial charge is 0.241 e. The minimum absolute atomic E-state index is 0.0465. The summed E-state index contributed by atoms with van der Waals surface area (Å²) in [6.07, 6.45) is 1.90. The highest BCUT2D eigenvalue weighted by Gasteiger charge is 2.25. The predicted molar refractivity (Wildman–Crippen MR) is 84.3 cm³/mol. The average Bonchev–Trinajstić information content (AvgIpc) is 3.01. The van der Waals surface area contributed by atoms with E-state index in [-0.39, 0.29) is 30.9 Å². The quantitative estimate of drug-likeness (QED) is 0.820. The van der Waals surface area contributed by atoms with Crippen LogP contribution in [0.25, 0.3) is 0 Å². The van der Waals surface area contributed by atoms with E-state index in [1.54, 1.807) is 4.90 Å². The molecule has 1 fully saturated rings. The van der Waals surface area contributed by atoms with E-state index in [9.17, 15) is 9.59 Å². The van der Waals surface area contributed by atoms with Crippen molar-refractivity contribution in [1.82, 2.24) is 10.2 Å². The lowest BCUT2D eigenvalue weighted by Gasteiger charge is -2.16. The van der Waals surface area contributed by atoms with Crippen molar-refractivity contribution < 1.29 is 14.7 Å². The summed E-state index contributed by atoms with van der Waals surface area (Å²) in [5, 5.41) is 11.8. The van der Waals surface area contributed by atoms with Crippen molar-refractivity contribution in [3.8, 4) is 0 Å². The molecule has 0 aliphatic carbocycles. The molecule has 0 bridgehead atoms. The van der Waals surface area contributed by atoms with Crippen molar-refractivity contribution in [2.75, 3.05) is 26.2 Å². The molecule has 2 N–H and O–H groups in total. The third-order valence-corrected chi connectivity index (χ3v) is 4.09. The average molecular weight is 304 g/mol. The summed E-state index contributed by atoms with van der Waals surface area (Å²) in [4.78, 5) is 25.5. The van der Waals surface area contributed by atoms with Gasteiger partial charge in [0.15, 0.2) is 0 Å². The molecule has 2 amide bonds. The first-order chi connectivity index (χ1) is 10.6. The molecular weight excluding hydrogens is 280 g/mol. The molecule has 1 aliphatic rings. The van der Waals surface area contributed by atoms with Gasteiger partial charge in [-0.2, -0.15) is 0 Å². The van der Waals surface area contributed by atoms with E-state index in [1.165, 1.54) is 5.56 Å². The second-order valence-electron chi connectivity index (χ2n) is 5.94. The Labute approximate surface area is 131 Å². The molecule has 2 rings (SSSR count). The maximum Gasteiger partial charge on any atom is 0.241 e. The molecule has 5 nitrogen and oxygen atoms in total. The number of aryl methyl sites for hydroxylation is 2. The van der Waals surface area contributed by atoms with Crippen LogP contribution in [0, 0.1) is 12.8 Å². The first kappa shape index (κ1) is 16.5. The van der Waals surface area contributed by atoms with Crippen LogP contribution >= 0.6 is 0 Å². The van der Waals surface area contributed by atoms with E-state index in [4.69, 9.17) is 5.11 Å². The molecule has 0 aromatic heterocycles. The fourth-order valence-electron chi connectivity index (χ4n) is 2.60. The van der Waals surface area contributed by atoms with E-state index in [0.717, 1.165) is 12.0 Å². The van der Waals surface area contributed by atoms with E-state index >= 15 is 0 Å². The molecular formula is C17H24N2O3. The summed E-state index contributed by atoms with van der Waals surface area (Å²) >= 11 is 0. The number of likely N-dealkylation sites (tertiary alicyclic amines) is 1. The SMILES string of the molecule is Cc1ccc(CCC(=O)NCC(=O)N2CCC(CO)C2)cc1. The van der Waals surface area contributed by atoms with Gasteiger partial charge in [0.1, 0.15) is 0 Å². The van der Waals surface area contributed by atoms with Crippen molar-refractivity contribution in [3.05, 3.63) is 35.4 Å². The third kappa shape index (κ3) is 4.84. The van der Waals surface area contributed by atoms with Gasteiger partial charge in [0.05, 0.1) is 6.54 Å². The van der Waals surface area contributed by atoms with Gasteiger partial charge in [-0.05, 0) is 25.3 Å². The number of nitrogens with zero attached hydrogens (tertiary/aromatic N) is 1. The maximum absolute atomic E-state index is 12.0. The summed E-state index contributed by atoms with van der Waals surface area (Å²) in [5.74, 6) is 0.00709. The van der Waals surface area contributed by atoms with Gasteiger partial charge in [-0.15, -0.1) is 0 Å². The van der Waals surface area contributed by atoms with Crippen molar-refractivity contribution in [2.45, 2.75) is 26.2 Å². The Kier molecular flexibility index (Phi) is 5.95. The Morgan fingerprint density at radius 1 is 1.32 bits per heavy atom. The number of nitrogens with one attached hydrogen (secondary N) is 1. The van der Waals surface area contributed by atoms with Gasteiger partial charge in [0, 0.05) is 32.0 Å². The fourth-order valence-corrected chi connectivity index (χ4v) is 2.60. The lowest BCUT2D eigenvalue weighted by Crippen LogP contribution is -2.39. The molecule has 1 unspecified atom stereocenters. The number of rotatable bonds is 6. The number of hydrogen-bond acceptors (Lipinski definition) is 3. The van der Waals surface area contributed by atoms with Crippen LogP contribution in [0.4, 0.5) is 0 Å². The topological polar surface area (TPSA) is 69.6 Å². The standard InChI is InChI=1S/C17H24N2O3/c1-13-2-4-14(5-3-13)6-7-16(21)18-10-17(22)19-9-8-15(11-19)12-20/h2-5,15,20H,6-12H2,1H3,(H,18,21). The molecule has 1 saturated heterocycles. The van der Waals surface area contributed by atoms with Crippen molar-refractivity contribution in [1.29, 1.82) is 0 Å². The second-order valence-corrected chi connectivity index (χ2v) is 5.94. The fraction of sp³-hybridized carbons (Fsp3) is 0.529. The molecule has 0 spiro atoms. The molecule has 120 valence electrons. The highest BCUT2D eigenvalue weighted by Crippen LogP contribution is 2.15. The Morgan fingerprint density at radius 3 is 2.68 bits per heavy atom. The summed E-state index contributed by atoms with van der Waals surface area (Å²) in [6, 6.07) is 8.10. The van der Waals surface area contributed by atoms with Gasteiger partial charge in [-0.3, -0.25) is 9.59 Å². The monoisotopic (exact) mass is 304 g/mol. The number of aliphatic hydroxyl groups is 1. The van der Waals surface area contributed by atoms with E-state index in [0.29, 0.717) is 25.9 Å². The number of hydrogen-bond donors (Lipinski definition) is 2. The Hall–Kier alpha value is -1.88. The van der Waals surface area contributed by atoms with Crippen LogP contribution in [0.1, 0.15) is 24.0 Å². The second kappa shape index (κ2) is 7.94. The van der Waals surface area contributed by atoms with Crippen molar-refractivity contribution in [2.24, 2.45) is 5.92 Å². The first-order valence-corrected chi connectivity index (χ1v) is 7.79. The number of carbonyl (C=O) groups excluding carboxylic acids is 2. The molecule has 0 saturated carbocycles. The number of aliphatic hydroxyl groups excluding tert-OH is 1. The van der Waals surface area contributed by atoms with Gasteiger partial charge < -0.3 is 15.3 Å². The first-order valence-electron chi connectivity index (χ1n) is 7.79. The van der Waals surface area contributed by atoms with Crippen LogP contribution in [-0.2, 0) is 16.0 Å². The van der Waals surface area contributed by atoms with Crippen molar-refractivity contribution >= 4 is 11.8 Å². The van der Waals surface area contributed by atoms with Crippen LogP contribution < -0.4 is 5.32 Å². The van der Waals surface area contributed by atoms with Crippen LogP contribution in [0.15, 0.2) is 24.3 Å². The van der Waals surface area contributed by atoms with Crippen LogP contribution in [0.2, 0.25) is 0 Å². The predicted octanol–water partition coefficient (Wildman–Crippen LogP) is 0.885. The van der Waals surface area contributed by atoms with Gasteiger partial charge in [-0.25, -0.2) is 0 Å². The highest BCUT2D eigenvalue weighted by molar-refractivity contribution is 5.84. The van der Waals surface area contributed by atoms with Gasteiger partial charge in [-0.1, -0.05) is 29.8 Å². The minimum atomic E-state index is -0.105. The van der Waals surface area contributed by atoms with Gasteiger partial charge >= 0.3 is 0 Å². The highest BCUT2D eigenvalue weighted by atomic mass is 16.3. The molecule has 22 heavy (non-hydrogen) atoms. The zero-order chi connectivity index (χ0) is 15.9. The largest absolute Gasteiger partial charge is 0.396 e. The van der Waals surface area contributed by atoms with Gasteiger partial charge in [0.2, 0.25) is 11.8 Å². The number of amides is 2. The number of carbonyl (C=O) groups is 2. The van der Waals surface area contributed by atoms with Crippen molar-refractivity contribution in [3.63, 3.8) is 0 Å². The van der Waals surface area contributed by atoms with E-state index in [1.807, 2.05) is 31.2 Å². The van der Waals surface area contributed by atoms with Gasteiger partial charge in [0.25, 0.3) is 0 Å². The summed E-state index contributed by atoms with van der Waals surface area (Å²) in [6.45, 7) is 3.46. The summed E-state index contributed by atoms with van der Waals surface area (Å²) in [7, 11) is 0. The molecule has 1 aromatic carbocycles. The lowest BCUT2D eigenvalue weighted by atomic mass is 10.1. The molecule has 1 aliphatic heterocycles. The summed E-state index contributed by atoms with van der Waals surface area (Å²) in [5.41, 5.74) is 2.32. The Balaban J connectivity index is 1.67. The Bertz CT molecular complexity index is 513. The number of benzene rings is 1. The minimum Gasteiger partial charge on any atom is -0.396 e. The zero-order valence-electron chi connectivity index (χ0n) is 13.0. The van der Waals surface area contributed by atoms with Crippen LogP contribution in [0.5, 0.6) is 0 Å². The van der Waals surface area contributed by atoms with E-state index < -0.39 is 0 Å². The van der Waals surface area contributed by atoms with E-state index in [2.05, 4.69) is 5.32 Å². The summed E-state index contributed by atoms with van der Waals surface area (Å²) < 4.78 is 0. The molecule has 1 heterocycles. The molecule has 5 heteroatoms. The normalized spacial score (nSPS) is 17.5. The molecule has 1 aromatic rings. The molecule has 0 radical (unpaired) electrons. The lowest BCUT2D eigenvalue weighted by molar-refractivity contribution is -0.132. The van der Waals surface area contributed by atoms with Crippen LogP contribution in [-0.4, -0.2) is 48.1 Å². The molecule has 1 atom stereocenters. The van der Waals surface area contributed by atoms with Crippen LogP contribution in [0.3, 0.4) is 0 Å². The zero-order valence-corrected chi connectivity index (χ0v) is 13.0. The third-order valence-electron chi connectivity index (χ3n) is 4.09. The maximum atomic E-state index is 12.0.